The number of nitrogens with one attached hydrogen (secondary N) is 1. The van der Waals surface area contributed by atoms with Crippen molar-refractivity contribution in [2.24, 2.45) is 0 Å². The molecule has 0 radical (unpaired) electrons. The topological polar surface area (TPSA) is 71.8 Å². The molecule has 0 unspecified atom stereocenters. The number of rotatable bonds is 1. The van der Waals surface area contributed by atoms with Crippen molar-refractivity contribution in [3.05, 3.63) is 46.9 Å². The molecular formula is C10H9N3O. The minimum absolute atomic E-state index is 0.160. The van der Waals surface area contributed by atoms with Crippen molar-refractivity contribution in [3.8, 4) is 11.4 Å². The molecule has 0 aliphatic rings. The van der Waals surface area contributed by atoms with Crippen LogP contribution in [0.5, 0.6) is 0 Å². The number of nitrogen functional groups attached to an aromatic ring is 1. The molecule has 1 aromatic carbocycles. The highest BCUT2D eigenvalue weighted by atomic mass is 16.1. The Morgan fingerprint density at radius 1 is 1.14 bits per heavy atom. The molecule has 0 atom stereocenters. The van der Waals surface area contributed by atoms with Gasteiger partial charge in [-0.3, -0.25) is 4.79 Å². The van der Waals surface area contributed by atoms with Crippen molar-refractivity contribution in [1.29, 1.82) is 0 Å². The van der Waals surface area contributed by atoms with E-state index in [2.05, 4.69) is 9.97 Å². The zero-order valence-electron chi connectivity index (χ0n) is 7.40. The highest BCUT2D eigenvalue weighted by Gasteiger charge is 1.98. The predicted octanol–water partition coefficient (Wildman–Crippen LogP) is 1.02. The third kappa shape index (κ3) is 1.64. The third-order valence-corrected chi connectivity index (χ3v) is 1.86. The second kappa shape index (κ2) is 3.33. The number of H-pyrrole nitrogens is 1. The van der Waals surface area contributed by atoms with Gasteiger partial charge in [-0.1, -0.05) is 0 Å². The maximum absolute atomic E-state index is 11.0. The first-order valence-corrected chi connectivity index (χ1v) is 4.17. The van der Waals surface area contributed by atoms with Gasteiger partial charge in [0.05, 0.1) is 0 Å². The molecule has 1 aromatic heterocycles. The van der Waals surface area contributed by atoms with E-state index in [1.807, 2.05) is 12.1 Å². The van der Waals surface area contributed by atoms with Gasteiger partial charge in [-0.05, 0) is 24.3 Å². The van der Waals surface area contributed by atoms with Crippen molar-refractivity contribution in [2.75, 3.05) is 5.73 Å². The fourth-order valence-corrected chi connectivity index (χ4v) is 1.16. The number of nitrogens with two attached hydrogens (primary N) is 1. The molecular weight excluding hydrogens is 178 g/mol. The fourth-order valence-electron chi connectivity index (χ4n) is 1.16. The highest BCUT2D eigenvalue weighted by molar-refractivity contribution is 5.58. The average molecular weight is 187 g/mol. The zero-order chi connectivity index (χ0) is 9.97. The number of aromatic nitrogens is 2. The van der Waals surface area contributed by atoms with Crippen molar-refractivity contribution >= 4 is 5.69 Å². The van der Waals surface area contributed by atoms with Crippen LogP contribution < -0.4 is 11.3 Å². The lowest BCUT2D eigenvalue weighted by atomic mass is 10.2. The Hall–Kier alpha value is -2.10. The number of hydrogen-bond acceptors (Lipinski definition) is 3. The van der Waals surface area contributed by atoms with Gasteiger partial charge in [-0.15, -0.1) is 0 Å². The molecule has 0 aliphatic carbocycles. The Bertz CT molecular complexity index is 487. The standard InChI is InChI=1S/C10H9N3O/c11-8-3-1-7(2-4-8)10-12-6-5-9(14)13-10/h1-6H,11H2,(H,12,13,14). The molecule has 0 amide bonds. The number of aromatic amines is 1. The van der Waals surface area contributed by atoms with Crippen molar-refractivity contribution in [2.45, 2.75) is 0 Å². The summed E-state index contributed by atoms with van der Waals surface area (Å²) in [6, 6.07) is 8.53. The van der Waals surface area contributed by atoms with Crippen LogP contribution in [-0.4, -0.2) is 9.97 Å². The fraction of sp³-hybridized carbons (Fsp3) is 0. The quantitative estimate of drug-likeness (QED) is 0.654. The largest absolute Gasteiger partial charge is 0.399 e. The third-order valence-electron chi connectivity index (χ3n) is 1.86. The molecule has 1 heterocycles. The van der Waals surface area contributed by atoms with Crippen LogP contribution in [0.25, 0.3) is 11.4 Å². The van der Waals surface area contributed by atoms with E-state index in [0.717, 1.165) is 5.56 Å². The van der Waals surface area contributed by atoms with Crippen LogP contribution in [0.1, 0.15) is 0 Å². The molecule has 70 valence electrons. The summed E-state index contributed by atoms with van der Waals surface area (Å²) in [6.45, 7) is 0. The van der Waals surface area contributed by atoms with E-state index in [1.165, 1.54) is 12.3 Å². The number of benzene rings is 1. The van der Waals surface area contributed by atoms with E-state index in [1.54, 1.807) is 12.1 Å². The minimum atomic E-state index is -0.160. The van der Waals surface area contributed by atoms with E-state index in [-0.39, 0.29) is 5.56 Å². The summed E-state index contributed by atoms with van der Waals surface area (Å²) in [5.74, 6) is 0.553. The molecule has 0 bridgehead atoms. The highest BCUT2D eigenvalue weighted by Crippen LogP contribution is 2.14. The Morgan fingerprint density at radius 2 is 1.86 bits per heavy atom. The van der Waals surface area contributed by atoms with Gasteiger partial charge in [0, 0.05) is 23.5 Å². The molecule has 14 heavy (non-hydrogen) atoms. The summed E-state index contributed by atoms with van der Waals surface area (Å²) in [4.78, 5) is 17.7. The van der Waals surface area contributed by atoms with Crippen molar-refractivity contribution in [3.63, 3.8) is 0 Å². The number of nitrogens with zero attached hydrogens (tertiary/aromatic N) is 1. The van der Waals surface area contributed by atoms with Crippen molar-refractivity contribution < 1.29 is 0 Å². The van der Waals surface area contributed by atoms with Gasteiger partial charge in [-0.25, -0.2) is 4.98 Å². The van der Waals surface area contributed by atoms with Crippen LogP contribution >= 0.6 is 0 Å². The van der Waals surface area contributed by atoms with Crippen LogP contribution in [0.4, 0.5) is 5.69 Å². The summed E-state index contributed by atoms with van der Waals surface area (Å²) in [7, 11) is 0. The van der Waals surface area contributed by atoms with E-state index >= 15 is 0 Å². The normalized spacial score (nSPS) is 10.0. The van der Waals surface area contributed by atoms with Crippen LogP contribution in [0.15, 0.2) is 41.3 Å². The van der Waals surface area contributed by atoms with Gasteiger partial charge >= 0.3 is 0 Å². The van der Waals surface area contributed by atoms with Gasteiger partial charge in [-0.2, -0.15) is 0 Å². The first-order valence-electron chi connectivity index (χ1n) is 4.17. The number of hydrogen-bond donors (Lipinski definition) is 2. The molecule has 0 fully saturated rings. The van der Waals surface area contributed by atoms with Gasteiger partial charge < -0.3 is 10.7 Å². The van der Waals surface area contributed by atoms with E-state index < -0.39 is 0 Å². The second-order valence-corrected chi connectivity index (χ2v) is 2.90. The molecule has 4 heteroatoms. The smallest absolute Gasteiger partial charge is 0.251 e. The lowest BCUT2D eigenvalue weighted by molar-refractivity contribution is 1.13. The van der Waals surface area contributed by atoms with Crippen molar-refractivity contribution in [1.82, 2.24) is 9.97 Å². The molecule has 0 aliphatic heterocycles. The molecule has 0 saturated carbocycles. The molecule has 2 aromatic rings. The maximum Gasteiger partial charge on any atom is 0.251 e. The lowest BCUT2D eigenvalue weighted by Crippen LogP contribution is -2.05. The summed E-state index contributed by atoms with van der Waals surface area (Å²) in [5.41, 5.74) is 6.91. The Kier molecular flexibility index (Phi) is 2.02. The first-order chi connectivity index (χ1) is 6.75. The van der Waals surface area contributed by atoms with Gasteiger partial charge in [0.25, 0.3) is 5.56 Å². The first kappa shape index (κ1) is 8.50. The zero-order valence-corrected chi connectivity index (χ0v) is 7.40. The van der Waals surface area contributed by atoms with Gasteiger partial charge in [0.15, 0.2) is 0 Å². The maximum atomic E-state index is 11.0. The summed E-state index contributed by atoms with van der Waals surface area (Å²) in [6.07, 6.45) is 1.48. The average Bonchev–Trinajstić information content (AvgIpc) is 2.19. The van der Waals surface area contributed by atoms with Crippen LogP contribution in [0.3, 0.4) is 0 Å². The Balaban J connectivity index is 2.50. The molecule has 0 spiro atoms. The SMILES string of the molecule is Nc1ccc(-c2nccc(=O)[nH]2)cc1. The second-order valence-electron chi connectivity index (χ2n) is 2.90. The molecule has 4 nitrogen and oxygen atoms in total. The van der Waals surface area contributed by atoms with E-state index in [9.17, 15) is 4.79 Å². The Morgan fingerprint density at radius 3 is 2.50 bits per heavy atom. The van der Waals surface area contributed by atoms with E-state index in [0.29, 0.717) is 11.5 Å². The molecule has 2 rings (SSSR count). The monoisotopic (exact) mass is 187 g/mol. The molecule has 0 saturated heterocycles. The molecule has 3 N–H and O–H groups in total. The van der Waals surface area contributed by atoms with Crippen LogP contribution in [0, 0.1) is 0 Å². The number of anilines is 1. The predicted molar refractivity (Wildman–Crippen MR) is 54.7 cm³/mol. The van der Waals surface area contributed by atoms with Gasteiger partial charge in [0.1, 0.15) is 5.82 Å². The Labute approximate surface area is 80.4 Å². The summed E-state index contributed by atoms with van der Waals surface area (Å²) >= 11 is 0. The van der Waals surface area contributed by atoms with E-state index in [4.69, 9.17) is 5.73 Å². The van der Waals surface area contributed by atoms with Crippen LogP contribution in [-0.2, 0) is 0 Å². The van der Waals surface area contributed by atoms with Gasteiger partial charge in [0.2, 0.25) is 0 Å². The lowest BCUT2D eigenvalue weighted by Gasteiger charge is -1.99. The van der Waals surface area contributed by atoms with Crippen LogP contribution in [0.2, 0.25) is 0 Å². The summed E-state index contributed by atoms with van der Waals surface area (Å²) < 4.78 is 0. The minimum Gasteiger partial charge on any atom is -0.399 e. The summed E-state index contributed by atoms with van der Waals surface area (Å²) in [5, 5.41) is 0.